The van der Waals surface area contributed by atoms with E-state index >= 15 is 0 Å². The molecule has 66 heavy (non-hydrogen) atoms. The molecule has 0 heterocycles. The molecule has 0 radical (unpaired) electrons. The molecule has 0 bridgehead atoms. The van der Waals surface area contributed by atoms with E-state index in [9.17, 15) is 14.4 Å². The highest BCUT2D eigenvalue weighted by Crippen LogP contribution is 2.13. The van der Waals surface area contributed by atoms with Gasteiger partial charge in [0.1, 0.15) is 13.2 Å². The van der Waals surface area contributed by atoms with E-state index < -0.39 is 6.10 Å². The van der Waals surface area contributed by atoms with E-state index in [2.05, 4.69) is 118 Å². The smallest absolute Gasteiger partial charge is 0.306 e. The van der Waals surface area contributed by atoms with Crippen molar-refractivity contribution in [2.75, 3.05) is 13.2 Å². The number of unbranched alkanes of at least 4 members (excludes halogenated alkanes) is 16. The Labute approximate surface area is 405 Å². The van der Waals surface area contributed by atoms with Crippen LogP contribution >= 0.6 is 0 Å². The third-order valence-corrected chi connectivity index (χ3v) is 10.5. The van der Waals surface area contributed by atoms with Crippen molar-refractivity contribution in [3.05, 3.63) is 134 Å². The lowest BCUT2D eigenvalue weighted by molar-refractivity contribution is -0.167. The molecule has 1 atom stereocenters. The second-order valence-corrected chi connectivity index (χ2v) is 16.8. The highest BCUT2D eigenvalue weighted by molar-refractivity contribution is 5.71. The summed E-state index contributed by atoms with van der Waals surface area (Å²) in [6.07, 6.45) is 74.2. The summed E-state index contributed by atoms with van der Waals surface area (Å²) >= 11 is 0. The van der Waals surface area contributed by atoms with Gasteiger partial charge in [-0.05, 0) is 103 Å². The number of esters is 3. The van der Waals surface area contributed by atoms with E-state index in [1.807, 2.05) is 36.5 Å². The van der Waals surface area contributed by atoms with Crippen LogP contribution in [0.4, 0.5) is 0 Å². The van der Waals surface area contributed by atoms with E-state index in [1.165, 1.54) is 19.3 Å². The van der Waals surface area contributed by atoms with Crippen LogP contribution in [0.15, 0.2) is 134 Å². The molecular formula is C60H94O6. The average Bonchev–Trinajstić information content (AvgIpc) is 3.31. The monoisotopic (exact) mass is 911 g/mol. The van der Waals surface area contributed by atoms with Crippen LogP contribution in [0.1, 0.15) is 207 Å². The molecule has 1 unspecified atom stereocenters. The minimum atomic E-state index is -0.810. The summed E-state index contributed by atoms with van der Waals surface area (Å²) < 4.78 is 16.8. The van der Waals surface area contributed by atoms with Crippen molar-refractivity contribution in [2.45, 2.75) is 213 Å². The van der Waals surface area contributed by atoms with Gasteiger partial charge in [0.2, 0.25) is 0 Å². The maximum Gasteiger partial charge on any atom is 0.306 e. The third kappa shape index (κ3) is 50.5. The molecule has 0 aliphatic heterocycles. The van der Waals surface area contributed by atoms with Crippen molar-refractivity contribution in [1.29, 1.82) is 0 Å². The third-order valence-electron chi connectivity index (χ3n) is 10.5. The van der Waals surface area contributed by atoms with Crippen molar-refractivity contribution in [1.82, 2.24) is 0 Å². The van der Waals surface area contributed by atoms with Crippen LogP contribution in [-0.4, -0.2) is 37.2 Å². The Bertz CT molecular complexity index is 1460. The topological polar surface area (TPSA) is 78.9 Å². The minimum absolute atomic E-state index is 0.109. The van der Waals surface area contributed by atoms with E-state index in [-0.39, 0.29) is 31.1 Å². The Morgan fingerprint density at radius 2 is 0.652 bits per heavy atom. The molecule has 0 aromatic carbocycles. The summed E-state index contributed by atoms with van der Waals surface area (Å²) in [4.78, 5) is 38.1. The zero-order valence-corrected chi connectivity index (χ0v) is 42.1. The number of carbonyl (C=O) groups is 3. The lowest BCUT2D eigenvalue weighted by Crippen LogP contribution is -2.30. The Morgan fingerprint density at radius 1 is 0.333 bits per heavy atom. The first-order valence-electron chi connectivity index (χ1n) is 26.3. The highest BCUT2D eigenvalue weighted by Gasteiger charge is 2.19. The molecule has 6 heteroatoms. The fraction of sp³-hybridized carbons (Fsp3) is 0.583. The number of hydrogen-bond donors (Lipinski definition) is 0. The molecule has 0 rings (SSSR count). The normalized spacial score (nSPS) is 13.2. The number of carbonyl (C=O) groups excluding carboxylic acids is 3. The fourth-order valence-corrected chi connectivity index (χ4v) is 6.62. The fourth-order valence-electron chi connectivity index (χ4n) is 6.62. The molecule has 6 nitrogen and oxygen atoms in total. The van der Waals surface area contributed by atoms with Crippen LogP contribution in [0.2, 0.25) is 0 Å². The Balaban J connectivity index is 4.53. The zero-order chi connectivity index (χ0) is 47.9. The number of rotatable bonds is 45. The van der Waals surface area contributed by atoms with Gasteiger partial charge in [-0.2, -0.15) is 0 Å². The quantitative estimate of drug-likeness (QED) is 0.0199. The van der Waals surface area contributed by atoms with E-state index in [0.717, 1.165) is 148 Å². The first kappa shape index (κ1) is 61.5. The van der Waals surface area contributed by atoms with Gasteiger partial charge in [0.25, 0.3) is 0 Å². The maximum absolute atomic E-state index is 12.8. The second-order valence-electron chi connectivity index (χ2n) is 16.8. The number of allylic oxidation sites excluding steroid dienone is 22. The first-order valence-corrected chi connectivity index (χ1v) is 26.3. The average molecular weight is 911 g/mol. The number of ether oxygens (including phenoxy) is 3. The van der Waals surface area contributed by atoms with E-state index in [4.69, 9.17) is 14.2 Å². The van der Waals surface area contributed by atoms with E-state index in [1.54, 1.807) is 0 Å². The summed E-state index contributed by atoms with van der Waals surface area (Å²) in [5, 5.41) is 0. The molecule has 0 spiro atoms. The SMILES string of the molecule is CC/C=C\C/C=C\C/C=C\CCCCCCCCC(=O)OC(COC(=O)CCCCCC/C=C\C/C=C\C/C=C\CC)COC(=O)CCCCCCC\C=C/C=C\C=C/C=C\C=C/CCC. The predicted octanol–water partition coefficient (Wildman–Crippen LogP) is 17.5. The second kappa shape index (κ2) is 53.2. The molecule has 0 aliphatic carbocycles. The van der Waals surface area contributed by atoms with Gasteiger partial charge in [0, 0.05) is 19.3 Å². The summed E-state index contributed by atoms with van der Waals surface area (Å²) in [6, 6.07) is 0. The predicted molar refractivity (Wildman–Crippen MR) is 283 cm³/mol. The Morgan fingerprint density at radius 3 is 1.06 bits per heavy atom. The Kier molecular flexibility index (Phi) is 49.6. The van der Waals surface area contributed by atoms with Crippen molar-refractivity contribution in [2.24, 2.45) is 0 Å². The van der Waals surface area contributed by atoms with Gasteiger partial charge in [0.15, 0.2) is 6.10 Å². The number of hydrogen-bond acceptors (Lipinski definition) is 6. The van der Waals surface area contributed by atoms with Crippen molar-refractivity contribution in [3.63, 3.8) is 0 Å². The van der Waals surface area contributed by atoms with Crippen molar-refractivity contribution >= 4 is 17.9 Å². The van der Waals surface area contributed by atoms with Gasteiger partial charge in [-0.25, -0.2) is 0 Å². The summed E-state index contributed by atoms with van der Waals surface area (Å²) in [5.41, 5.74) is 0. The summed E-state index contributed by atoms with van der Waals surface area (Å²) in [7, 11) is 0. The van der Waals surface area contributed by atoms with Crippen LogP contribution in [0, 0.1) is 0 Å². The van der Waals surface area contributed by atoms with Gasteiger partial charge in [-0.1, -0.05) is 219 Å². The van der Waals surface area contributed by atoms with Crippen molar-refractivity contribution < 1.29 is 28.6 Å². The molecule has 370 valence electrons. The molecule has 0 saturated heterocycles. The van der Waals surface area contributed by atoms with Crippen LogP contribution < -0.4 is 0 Å². The maximum atomic E-state index is 12.8. The van der Waals surface area contributed by atoms with Gasteiger partial charge in [0.05, 0.1) is 0 Å². The molecule has 0 amide bonds. The van der Waals surface area contributed by atoms with Crippen molar-refractivity contribution in [3.8, 4) is 0 Å². The van der Waals surface area contributed by atoms with Gasteiger partial charge in [-0.15, -0.1) is 0 Å². The van der Waals surface area contributed by atoms with Gasteiger partial charge in [-0.3, -0.25) is 14.4 Å². The molecule has 0 aromatic heterocycles. The highest BCUT2D eigenvalue weighted by atomic mass is 16.6. The zero-order valence-electron chi connectivity index (χ0n) is 42.1. The minimum Gasteiger partial charge on any atom is -0.462 e. The molecule has 0 aromatic rings. The largest absolute Gasteiger partial charge is 0.462 e. The van der Waals surface area contributed by atoms with Gasteiger partial charge < -0.3 is 14.2 Å². The lowest BCUT2D eigenvalue weighted by Gasteiger charge is -2.18. The molecule has 0 aliphatic rings. The first-order chi connectivity index (χ1) is 32.5. The van der Waals surface area contributed by atoms with Crippen LogP contribution in [-0.2, 0) is 28.6 Å². The van der Waals surface area contributed by atoms with Crippen LogP contribution in [0.3, 0.4) is 0 Å². The van der Waals surface area contributed by atoms with Crippen LogP contribution in [0.5, 0.6) is 0 Å². The van der Waals surface area contributed by atoms with E-state index in [0.29, 0.717) is 19.3 Å². The van der Waals surface area contributed by atoms with Gasteiger partial charge >= 0.3 is 17.9 Å². The van der Waals surface area contributed by atoms with Crippen LogP contribution in [0.25, 0.3) is 0 Å². The lowest BCUT2D eigenvalue weighted by atomic mass is 10.1. The summed E-state index contributed by atoms with van der Waals surface area (Å²) in [6.45, 7) is 6.25. The molecule has 0 fully saturated rings. The molecular weight excluding hydrogens is 817 g/mol. The Hall–Kier alpha value is -4.45. The standard InChI is InChI=1S/C60H94O6/c1-4-7-10-13-16-19-22-25-28-30-31-33-35-38-41-44-47-50-53-59(62)65-56-57(55-64-58(61)52-49-46-43-40-37-34-27-24-21-18-15-12-9-6-3)66-60(63)54-51-48-45-42-39-36-32-29-26-23-20-17-14-11-8-5-2/h8-13,16-22,25-31,33-34,57H,4-7,14-15,23-24,32,35-56H2,1-3H3/b11-8-,12-9-,13-10-,19-16-,20-17-,21-18-,25-22-,29-26-,30-28-,33-31-,34-27-. The molecule has 0 saturated carbocycles. The molecule has 0 N–H and O–H groups in total. The summed E-state index contributed by atoms with van der Waals surface area (Å²) in [5.74, 6) is -0.976.